The van der Waals surface area contributed by atoms with Crippen molar-refractivity contribution < 1.29 is 89.1 Å². The van der Waals surface area contributed by atoms with Crippen molar-refractivity contribution in [1.29, 1.82) is 0 Å². The first kappa shape index (κ1) is 41.4. The number of aliphatic hydroxyl groups excluding tert-OH is 1. The number of aldehydes is 1. The summed E-state index contributed by atoms with van der Waals surface area (Å²) < 4.78 is 93.7. The van der Waals surface area contributed by atoms with E-state index >= 15 is 0 Å². The minimum absolute atomic E-state index is 0. The molecule has 0 fully saturated rings. The molecule has 2 N–H and O–H groups in total. The molecule has 0 bridgehead atoms. The van der Waals surface area contributed by atoms with Crippen molar-refractivity contribution in [3.63, 3.8) is 0 Å². The van der Waals surface area contributed by atoms with Crippen LogP contribution in [0.15, 0.2) is 72.2 Å². The second-order valence-corrected chi connectivity index (χ2v) is 7.76. The van der Waals surface area contributed by atoms with E-state index in [1.165, 1.54) is 44.6 Å². The third-order valence-electron chi connectivity index (χ3n) is 5.18. The van der Waals surface area contributed by atoms with E-state index in [1.807, 2.05) is 0 Å². The molecule has 43 heavy (non-hydrogen) atoms. The molecule has 0 radical (unpaired) electrons. The summed E-state index contributed by atoms with van der Waals surface area (Å²) in [6.45, 7) is 0.287. The number of methoxy groups -OCH3 is 2. The maximum atomic E-state index is 12.9. The number of aliphatic hydroxyl groups is 1. The molecule has 0 saturated heterocycles. The van der Waals surface area contributed by atoms with Crippen molar-refractivity contribution in [2.45, 2.75) is 32.0 Å². The number of rotatable bonds is 5. The molecular weight excluding hydrogens is 589 g/mol. The number of ether oxygens (including phenoxy) is 4. The van der Waals surface area contributed by atoms with Crippen LogP contribution in [0.5, 0.6) is 0 Å². The summed E-state index contributed by atoms with van der Waals surface area (Å²) in [5.41, 5.74) is -2.57. The first-order valence-corrected chi connectivity index (χ1v) is 11.1. The van der Waals surface area contributed by atoms with Crippen LogP contribution in [0.2, 0.25) is 0 Å². The van der Waals surface area contributed by atoms with E-state index in [-0.39, 0.29) is 67.5 Å². The van der Waals surface area contributed by atoms with Crippen molar-refractivity contribution in [1.82, 2.24) is 0 Å². The van der Waals surface area contributed by atoms with Gasteiger partial charge in [0.25, 0.3) is 0 Å². The van der Waals surface area contributed by atoms with E-state index in [1.54, 1.807) is 0 Å². The van der Waals surface area contributed by atoms with Gasteiger partial charge in [-0.1, -0.05) is 43.8 Å². The Bertz CT molecular complexity index is 1280. The predicted octanol–water partition coefficient (Wildman–Crippen LogP) is 2.25. The molecule has 4 rings (SSSR count). The van der Waals surface area contributed by atoms with Crippen molar-refractivity contribution in [3.8, 4) is 0 Å². The SMILES string of the molecule is C.COC1=CC(=O)OC1.COC1=CC(=O)OC1C(O)c1ccccc1C(F)(F)F.O=Cc1ccccc1C(F)(F)F.[Li+].[OH-]. The molecule has 0 spiro atoms. The maximum absolute atomic E-state index is 12.9. The van der Waals surface area contributed by atoms with E-state index in [0.717, 1.165) is 30.3 Å². The molecule has 0 amide bonds. The van der Waals surface area contributed by atoms with Crippen LogP contribution in [0, 0.1) is 0 Å². The standard InChI is InChI=1S/C13H11F3O4.C8H5F3O.C5H6O3.CH4.Li.H2O/c1-19-9-6-10(17)20-12(9)11(18)7-4-2-3-5-8(7)13(14,15)16;9-8(10,11)7-4-2-1-3-6(7)5-12;1-7-4-2-5(6)8-3-4;;;/h2-6,11-12,18H,1H3;1-5H;2H,3H2,1H3;1H4;;1H2/q;;;;+1;/p-1. The van der Waals surface area contributed by atoms with Gasteiger partial charge in [-0.3, -0.25) is 4.79 Å². The van der Waals surface area contributed by atoms with Crippen LogP contribution in [-0.2, 0) is 40.9 Å². The molecule has 2 aromatic rings. The maximum Gasteiger partial charge on any atom is 1.00 e. The Morgan fingerprint density at radius 1 is 0.884 bits per heavy atom. The second kappa shape index (κ2) is 18.0. The number of benzene rings is 2. The van der Waals surface area contributed by atoms with Crippen molar-refractivity contribution in [2.24, 2.45) is 0 Å². The third-order valence-corrected chi connectivity index (χ3v) is 5.18. The molecule has 0 aromatic heterocycles. The van der Waals surface area contributed by atoms with Gasteiger partial charge < -0.3 is 29.5 Å². The molecule has 9 nitrogen and oxygen atoms in total. The Labute approximate surface area is 254 Å². The summed E-state index contributed by atoms with van der Waals surface area (Å²) in [7, 11) is 2.75. The van der Waals surface area contributed by atoms with Gasteiger partial charge in [0.2, 0.25) is 0 Å². The van der Waals surface area contributed by atoms with E-state index in [0.29, 0.717) is 5.76 Å². The van der Waals surface area contributed by atoms with E-state index in [4.69, 9.17) is 14.2 Å². The molecule has 2 aliphatic heterocycles. The van der Waals surface area contributed by atoms with Crippen LogP contribution in [0.1, 0.15) is 40.6 Å². The van der Waals surface area contributed by atoms with Crippen molar-refractivity contribution in [2.75, 3.05) is 20.8 Å². The zero-order valence-electron chi connectivity index (χ0n) is 22.2. The minimum atomic E-state index is -4.61. The smallest absolute Gasteiger partial charge is 0.870 e. The van der Waals surface area contributed by atoms with Crippen LogP contribution in [0.4, 0.5) is 26.3 Å². The fourth-order valence-corrected chi connectivity index (χ4v) is 3.32. The van der Waals surface area contributed by atoms with Gasteiger partial charge in [-0.2, -0.15) is 26.3 Å². The fraction of sp³-hybridized carbons (Fsp3) is 0.296. The van der Waals surface area contributed by atoms with Gasteiger partial charge in [0.1, 0.15) is 24.2 Å². The van der Waals surface area contributed by atoms with Crippen LogP contribution in [0.3, 0.4) is 0 Å². The summed E-state index contributed by atoms with van der Waals surface area (Å²) in [6.07, 6.45) is -9.48. The monoisotopic (exact) mass is 616 g/mol. The van der Waals surface area contributed by atoms with Gasteiger partial charge in [-0.05, 0) is 17.7 Å². The topological polar surface area (TPSA) is 138 Å². The van der Waals surface area contributed by atoms with E-state index < -0.39 is 41.7 Å². The first-order chi connectivity index (χ1) is 18.7. The Balaban J connectivity index is 0. The Morgan fingerprint density at radius 3 is 1.84 bits per heavy atom. The summed E-state index contributed by atoms with van der Waals surface area (Å²) in [6, 6.07) is 9.21. The number of hydrogen-bond donors (Lipinski definition) is 1. The Kier molecular flexibility index (Phi) is 17.3. The average molecular weight is 616 g/mol. The molecule has 2 aliphatic rings. The number of carbonyl (C=O) groups excluding carboxylic acids is 3. The molecule has 2 unspecified atom stereocenters. The number of carbonyl (C=O) groups is 3. The van der Waals surface area contributed by atoms with Gasteiger partial charge >= 0.3 is 43.2 Å². The molecular formula is C27H27F6LiO9. The zero-order chi connectivity index (χ0) is 30.1. The number of halogens is 6. The fourth-order valence-electron chi connectivity index (χ4n) is 3.32. The second-order valence-electron chi connectivity index (χ2n) is 7.76. The summed E-state index contributed by atoms with van der Waals surface area (Å²) >= 11 is 0. The number of cyclic esters (lactones) is 2. The van der Waals surface area contributed by atoms with Gasteiger partial charge in [0.15, 0.2) is 12.4 Å². The minimum Gasteiger partial charge on any atom is -0.870 e. The van der Waals surface area contributed by atoms with Crippen LogP contribution >= 0.6 is 0 Å². The molecule has 0 aliphatic carbocycles. The largest absolute Gasteiger partial charge is 1.00 e. The summed E-state index contributed by atoms with van der Waals surface area (Å²) in [5, 5.41) is 10.1. The molecule has 0 saturated carbocycles. The predicted molar refractivity (Wildman–Crippen MR) is 133 cm³/mol. The van der Waals surface area contributed by atoms with Gasteiger partial charge in [0.05, 0.1) is 37.5 Å². The molecule has 232 valence electrons. The van der Waals surface area contributed by atoms with Gasteiger partial charge in [-0.15, -0.1) is 0 Å². The van der Waals surface area contributed by atoms with Crippen molar-refractivity contribution >= 4 is 18.2 Å². The summed E-state index contributed by atoms with van der Waals surface area (Å²) in [5.74, 6) is -0.508. The Hall–Kier alpha value is -3.77. The van der Waals surface area contributed by atoms with Gasteiger partial charge in [0, 0.05) is 5.56 Å². The molecule has 2 atom stereocenters. The van der Waals surface area contributed by atoms with Crippen LogP contribution < -0.4 is 18.9 Å². The molecule has 2 heterocycles. The third kappa shape index (κ3) is 11.8. The summed E-state index contributed by atoms with van der Waals surface area (Å²) in [4.78, 5) is 31.5. The molecule has 16 heteroatoms. The zero-order valence-corrected chi connectivity index (χ0v) is 22.2. The van der Waals surface area contributed by atoms with Crippen LogP contribution in [-0.4, -0.2) is 55.7 Å². The number of alkyl halides is 6. The van der Waals surface area contributed by atoms with Crippen LogP contribution in [0.25, 0.3) is 0 Å². The molecule has 2 aromatic carbocycles. The van der Waals surface area contributed by atoms with E-state index in [2.05, 4.69) is 4.74 Å². The van der Waals surface area contributed by atoms with Crippen molar-refractivity contribution in [3.05, 3.63) is 94.5 Å². The Morgan fingerprint density at radius 2 is 1.42 bits per heavy atom. The van der Waals surface area contributed by atoms with Gasteiger partial charge in [-0.25, -0.2) is 9.59 Å². The normalized spacial score (nSPS) is 15.9. The number of esters is 2. The van der Waals surface area contributed by atoms with E-state index in [9.17, 15) is 45.8 Å². The number of hydrogen-bond acceptors (Lipinski definition) is 9. The average Bonchev–Trinajstić information content (AvgIpc) is 3.52. The quantitative estimate of drug-likeness (QED) is 0.232. The first-order valence-electron chi connectivity index (χ1n) is 11.1.